The number of halogens is 1. The molecular weight excluding hydrogens is 487 g/mol. The molecule has 2 aromatic rings. The molecule has 1 atom stereocenters. The standard InChI is InChI=1S/C23H34N6.HI/c1-2-24-23(27-20-13-15-28(18-20)21-8-6-7-9-21)25-14-12-19-16-26-29(17-19)22-10-4-3-5-11-22;/h3-5,10-11,16-17,20-21H,2,6-9,12-15,18H2,1H3,(H2,24,25,27);1H. The Hall–Kier alpha value is -1.61. The highest BCUT2D eigenvalue weighted by Crippen LogP contribution is 2.26. The Bertz CT molecular complexity index is 784. The number of hydrogen-bond acceptors (Lipinski definition) is 3. The first-order valence-electron chi connectivity index (χ1n) is 11.2. The molecule has 0 spiro atoms. The van der Waals surface area contributed by atoms with Gasteiger partial charge in [0.2, 0.25) is 0 Å². The van der Waals surface area contributed by atoms with Crippen molar-refractivity contribution in [1.29, 1.82) is 0 Å². The van der Waals surface area contributed by atoms with Gasteiger partial charge in [0.1, 0.15) is 0 Å². The van der Waals surface area contributed by atoms with Crippen LogP contribution in [0, 0.1) is 0 Å². The first kappa shape index (κ1) is 23.1. The van der Waals surface area contributed by atoms with E-state index in [2.05, 4.69) is 45.9 Å². The molecule has 1 aromatic heterocycles. The van der Waals surface area contributed by atoms with Crippen molar-refractivity contribution in [2.24, 2.45) is 4.99 Å². The average Bonchev–Trinajstić information content (AvgIpc) is 3.50. The molecule has 0 bridgehead atoms. The largest absolute Gasteiger partial charge is 0.357 e. The summed E-state index contributed by atoms with van der Waals surface area (Å²) >= 11 is 0. The van der Waals surface area contributed by atoms with Gasteiger partial charge in [0.25, 0.3) is 0 Å². The molecular formula is C23H35IN6. The lowest BCUT2D eigenvalue weighted by Crippen LogP contribution is -2.45. The lowest BCUT2D eigenvalue weighted by molar-refractivity contribution is 0.242. The molecule has 1 aliphatic carbocycles. The van der Waals surface area contributed by atoms with Crippen molar-refractivity contribution >= 4 is 29.9 Å². The molecule has 6 nitrogen and oxygen atoms in total. The van der Waals surface area contributed by atoms with Gasteiger partial charge in [-0.15, -0.1) is 24.0 Å². The van der Waals surface area contributed by atoms with E-state index in [1.807, 2.05) is 29.1 Å². The van der Waals surface area contributed by atoms with Crippen molar-refractivity contribution in [3.63, 3.8) is 0 Å². The highest BCUT2D eigenvalue weighted by Gasteiger charge is 2.30. The van der Waals surface area contributed by atoms with Gasteiger partial charge in [0.05, 0.1) is 11.9 Å². The van der Waals surface area contributed by atoms with E-state index in [-0.39, 0.29) is 24.0 Å². The Morgan fingerprint density at radius 1 is 1.17 bits per heavy atom. The molecule has 4 rings (SSSR count). The van der Waals surface area contributed by atoms with Gasteiger partial charge >= 0.3 is 0 Å². The quantitative estimate of drug-likeness (QED) is 0.332. The predicted molar refractivity (Wildman–Crippen MR) is 134 cm³/mol. The Kier molecular flexibility index (Phi) is 8.99. The molecule has 1 saturated carbocycles. The summed E-state index contributed by atoms with van der Waals surface area (Å²) in [5, 5.41) is 11.6. The second kappa shape index (κ2) is 11.7. The number of para-hydroxylation sites is 1. The number of aromatic nitrogens is 2. The Morgan fingerprint density at radius 3 is 2.73 bits per heavy atom. The third kappa shape index (κ3) is 6.20. The second-order valence-corrected chi connectivity index (χ2v) is 8.20. The van der Waals surface area contributed by atoms with Gasteiger partial charge in [-0.05, 0) is 50.3 Å². The van der Waals surface area contributed by atoms with Gasteiger partial charge in [-0.3, -0.25) is 9.89 Å². The average molecular weight is 522 g/mol. The summed E-state index contributed by atoms with van der Waals surface area (Å²) in [6, 6.07) is 11.6. The summed E-state index contributed by atoms with van der Waals surface area (Å²) in [7, 11) is 0. The van der Waals surface area contributed by atoms with Crippen molar-refractivity contribution < 1.29 is 0 Å². The van der Waals surface area contributed by atoms with Crippen LogP contribution in [0.15, 0.2) is 47.7 Å². The molecule has 2 N–H and O–H groups in total. The van der Waals surface area contributed by atoms with E-state index >= 15 is 0 Å². The highest BCUT2D eigenvalue weighted by atomic mass is 127. The molecule has 2 aliphatic rings. The lowest BCUT2D eigenvalue weighted by Gasteiger charge is -2.24. The number of rotatable bonds is 7. The SMILES string of the molecule is CCNC(=NCCc1cnn(-c2ccccc2)c1)NC1CCN(C2CCCC2)C1.I. The number of likely N-dealkylation sites (tertiary alicyclic amines) is 1. The monoisotopic (exact) mass is 522 g/mol. The van der Waals surface area contributed by atoms with Crippen LogP contribution >= 0.6 is 24.0 Å². The third-order valence-electron chi connectivity index (χ3n) is 6.07. The van der Waals surface area contributed by atoms with Crippen molar-refractivity contribution in [3.05, 3.63) is 48.3 Å². The van der Waals surface area contributed by atoms with Gasteiger partial charge in [-0.2, -0.15) is 5.10 Å². The summed E-state index contributed by atoms with van der Waals surface area (Å²) in [6.45, 7) is 6.14. The van der Waals surface area contributed by atoms with Gasteiger partial charge in [-0.1, -0.05) is 31.0 Å². The fraction of sp³-hybridized carbons (Fsp3) is 0.565. The molecule has 1 aliphatic heterocycles. The fourth-order valence-corrected chi connectivity index (χ4v) is 4.53. The number of nitrogens with one attached hydrogen (secondary N) is 2. The zero-order chi connectivity index (χ0) is 19.9. The van der Waals surface area contributed by atoms with Crippen molar-refractivity contribution in [2.75, 3.05) is 26.2 Å². The van der Waals surface area contributed by atoms with Crippen LogP contribution in [-0.2, 0) is 6.42 Å². The van der Waals surface area contributed by atoms with Gasteiger partial charge in [0.15, 0.2) is 5.96 Å². The Labute approximate surface area is 197 Å². The van der Waals surface area contributed by atoms with E-state index in [1.165, 1.54) is 44.2 Å². The van der Waals surface area contributed by atoms with E-state index in [0.717, 1.165) is 43.7 Å². The first-order chi connectivity index (χ1) is 14.3. The molecule has 7 heteroatoms. The molecule has 30 heavy (non-hydrogen) atoms. The predicted octanol–water partition coefficient (Wildman–Crippen LogP) is 3.60. The van der Waals surface area contributed by atoms with Crippen LogP contribution in [0.5, 0.6) is 0 Å². The fourth-order valence-electron chi connectivity index (χ4n) is 4.53. The Morgan fingerprint density at radius 2 is 1.97 bits per heavy atom. The summed E-state index contributed by atoms with van der Waals surface area (Å²) in [5.41, 5.74) is 2.30. The van der Waals surface area contributed by atoms with Crippen LogP contribution in [0.25, 0.3) is 5.69 Å². The number of hydrogen-bond donors (Lipinski definition) is 2. The van der Waals surface area contributed by atoms with Gasteiger partial charge in [-0.25, -0.2) is 4.68 Å². The zero-order valence-electron chi connectivity index (χ0n) is 18.0. The number of guanidine groups is 1. The van der Waals surface area contributed by atoms with Crippen LogP contribution in [0.1, 0.15) is 44.6 Å². The summed E-state index contributed by atoms with van der Waals surface area (Å²) in [4.78, 5) is 7.50. The lowest BCUT2D eigenvalue weighted by atomic mass is 10.2. The summed E-state index contributed by atoms with van der Waals surface area (Å²) < 4.78 is 1.93. The van der Waals surface area contributed by atoms with Crippen LogP contribution in [0.4, 0.5) is 0 Å². The van der Waals surface area contributed by atoms with Gasteiger partial charge < -0.3 is 10.6 Å². The first-order valence-corrected chi connectivity index (χ1v) is 11.2. The van der Waals surface area contributed by atoms with Crippen LogP contribution in [0.3, 0.4) is 0 Å². The minimum Gasteiger partial charge on any atom is -0.357 e. The number of benzene rings is 1. The highest BCUT2D eigenvalue weighted by molar-refractivity contribution is 14.0. The summed E-state index contributed by atoms with van der Waals surface area (Å²) in [6.07, 6.45) is 11.7. The van der Waals surface area contributed by atoms with Crippen LogP contribution in [-0.4, -0.2) is 58.9 Å². The molecule has 1 saturated heterocycles. The molecule has 0 amide bonds. The molecule has 0 radical (unpaired) electrons. The van der Waals surface area contributed by atoms with E-state index < -0.39 is 0 Å². The molecule has 2 fully saturated rings. The normalized spacial score (nSPS) is 20.3. The van der Waals surface area contributed by atoms with Crippen molar-refractivity contribution in [1.82, 2.24) is 25.3 Å². The third-order valence-corrected chi connectivity index (χ3v) is 6.07. The maximum absolute atomic E-state index is 4.82. The molecule has 2 heterocycles. The van der Waals surface area contributed by atoms with Crippen molar-refractivity contribution in [3.8, 4) is 5.69 Å². The minimum absolute atomic E-state index is 0. The topological polar surface area (TPSA) is 57.5 Å². The molecule has 1 aromatic carbocycles. The Balaban J connectivity index is 0.00000256. The van der Waals surface area contributed by atoms with E-state index in [0.29, 0.717) is 6.04 Å². The van der Waals surface area contributed by atoms with E-state index in [9.17, 15) is 0 Å². The number of nitrogens with zero attached hydrogens (tertiary/aromatic N) is 4. The van der Waals surface area contributed by atoms with E-state index in [4.69, 9.17) is 4.99 Å². The molecule has 1 unspecified atom stereocenters. The second-order valence-electron chi connectivity index (χ2n) is 8.20. The maximum atomic E-state index is 4.82. The zero-order valence-corrected chi connectivity index (χ0v) is 20.3. The van der Waals surface area contributed by atoms with E-state index in [1.54, 1.807) is 0 Å². The van der Waals surface area contributed by atoms with Gasteiger partial charge in [0, 0.05) is 44.5 Å². The molecule has 164 valence electrons. The minimum atomic E-state index is 0. The smallest absolute Gasteiger partial charge is 0.191 e. The maximum Gasteiger partial charge on any atom is 0.191 e. The number of aliphatic imine (C=N–C) groups is 1. The summed E-state index contributed by atoms with van der Waals surface area (Å²) in [5.74, 6) is 0.946. The van der Waals surface area contributed by atoms with Crippen molar-refractivity contribution in [2.45, 2.75) is 57.5 Å². The van der Waals surface area contributed by atoms with Crippen LogP contribution in [0.2, 0.25) is 0 Å². The van der Waals surface area contributed by atoms with Crippen LogP contribution < -0.4 is 10.6 Å².